The minimum absolute atomic E-state index is 0.0688. The summed E-state index contributed by atoms with van der Waals surface area (Å²) in [6.07, 6.45) is 2.07. The van der Waals surface area contributed by atoms with Crippen molar-refractivity contribution < 1.29 is 4.79 Å². The van der Waals surface area contributed by atoms with Crippen molar-refractivity contribution in [1.82, 2.24) is 4.90 Å². The lowest BCUT2D eigenvalue weighted by molar-refractivity contribution is -0.130. The maximum Gasteiger partial charge on any atom is 0.236 e. The molecular weight excluding hydrogens is 280 g/mol. The number of hydrogen-bond acceptors (Lipinski definition) is 2. The number of halogens is 1. The first kappa shape index (κ1) is 12.6. The van der Waals surface area contributed by atoms with Gasteiger partial charge < -0.3 is 10.6 Å². The Balaban J connectivity index is 1.95. The van der Waals surface area contributed by atoms with Crippen LogP contribution in [0.3, 0.4) is 0 Å². The third-order valence-electron chi connectivity index (χ3n) is 3.36. The summed E-state index contributed by atoms with van der Waals surface area (Å²) in [5.41, 5.74) is 6.74. The predicted molar refractivity (Wildman–Crippen MR) is 71.8 cm³/mol. The second-order valence-corrected chi connectivity index (χ2v) is 5.33. The van der Waals surface area contributed by atoms with Gasteiger partial charge in [0.05, 0.1) is 6.54 Å². The molecule has 1 aliphatic heterocycles. The van der Waals surface area contributed by atoms with Gasteiger partial charge in [-0.1, -0.05) is 28.1 Å². The van der Waals surface area contributed by atoms with E-state index in [1.54, 1.807) is 0 Å². The highest BCUT2D eigenvalue weighted by Gasteiger charge is 2.22. The van der Waals surface area contributed by atoms with Gasteiger partial charge in [0.1, 0.15) is 0 Å². The van der Waals surface area contributed by atoms with Crippen molar-refractivity contribution in [3.05, 3.63) is 34.3 Å². The first-order valence-corrected chi connectivity index (χ1v) is 6.73. The van der Waals surface area contributed by atoms with Crippen LogP contribution in [0.25, 0.3) is 0 Å². The van der Waals surface area contributed by atoms with E-state index in [-0.39, 0.29) is 12.5 Å². The highest BCUT2D eigenvalue weighted by Crippen LogP contribution is 2.28. The Morgan fingerprint density at radius 2 is 1.88 bits per heavy atom. The van der Waals surface area contributed by atoms with E-state index in [0.717, 1.165) is 30.4 Å². The van der Waals surface area contributed by atoms with Crippen molar-refractivity contribution in [2.24, 2.45) is 5.73 Å². The van der Waals surface area contributed by atoms with E-state index in [1.807, 2.05) is 4.90 Å². The Kier molecular flexibility index (Phi) is 4.18. The number of benzene rings is 1. The molecule has 0 atom stereocenters. The molecule has 0 bridgehead atoms. The molecule has 4 heteroatoms. The number of nitrogens with zero attached hydrogens (tertiary/aromatic N) is 1. The summed E-state index contributed by atoms with van der Waals surface area (Å²) >= 11 is 3.44. The molecule has 1 aromatic carbocycles. The highest BCUT2D eigenvalue weighted by molar-refractivity contribution is 9.10. The van der Waals surface area contributed by atoms with Crippen molar-refractivity contribution in [2.45, 2.75) is 18.8 Å². The van der Waals surface area contributed by atoms with Crippen molar-refractivity contribution in [3.63, 3.8) is 0 Å². The fourth-order valence-electron chi connectivity index (χ4n) is 2.33. The third-order valence-corrected chi connectivity index (χ3v) is 3.89. The number of piperidine rings is 1. The molecule has 0 aromatic heterocycles. The fourth-order valence-corrected chi connectivity index (χ4v) is 2.59. The van der Waals surface area contributed by atoms with E-state index >= 15 is 0 Å². The largest absolute Gasteiger partial charge is 0.342 e. The van der Waals surface area contributed by atoms with Crippen LogP contribution >= 0.6 is 15.9 Å². The van der Waals surface area contributed by atoms with Crippen LogP contribution in [0.4, 0.5) is 0 Å². The fraction of sp³-hybridized carbons (Fsp3) is 0.462. The molecule has 2 N–H and O–H groups in total. The van der Waals surface area contributed by atoms with Crippen molar-refractivity contribution in [1.29, 1.82) is 0 Å². The Morgan fingerprint density at radius 1 is 1.29 bits per heavy atom. The van der Waals surface area contributed by atoms with Gasteiger partial charge in [0, 0.05) is 17.6 Å². The molecule has 1 aliphatic rings. The number of carbonyl (C=O) groups is 1. The second kappa shape index (κ2) is 5.65. The van der Waals surface area contributed by atoms with Crippen LogP contribution in [-0.4, -0.2) is 30.4 Å². The molecule has 3 nitrogen and oxygen atoms in total. The first-order chi connectivity index (χ1) is 8.20. The average Bonchev–Trinajstić information content (AvgIpc) is 2.39. The average molecular weight is 297 g/mol. The van der Waals surface area contributed by atoms with Gasteiger partial charge in [0.2, 0.25) is 5.91 Å². The molecule has 1 fully saturated rings. The molecule has 17 heavy (non-hydrogen) atoms. The molecule has 0 unspecified atom stereocenters. The van der Waals surface area contributed by atoms with E-state index in [9.17, 15) is 4.79 Å². The minimum Gasteiger partial charge on any atom is -0.342 e. The van der Waals surface area contributed by atoms with Gasteiger partial charge in [-0.3, -0.25) is 4.79 Å². The maximum atomic E-state index is 11.4. The van der Waals surface area contributed by atoms with Crippen LogP contribution in [-0.2, 0) is 4.79 Å². The third kappa shape index (κ3) is 3.07. The molecule has 2 rings (SSSR count). The molecule has 1 amide bonds. The first-order valence-electron chi connectivity index (χ1n) is 5.94. The molecule has 1 saturated heterocycles. The molecule has 0 saturated carbocycles. The summed E-state index contributed by atoms with van der Waals surface area (Å²) in [4.78, 5) is 13.3. The SMILES string of the molecule is NCC(=O)N1CCC(c2ccc(Br)cc2)CC1. The van der Waals surface area contributed by atoms with E-state index in [0.29, 0.717) is 5.92 Å². The summed E-state index contributed by atoms with van der Waals surface area (Å²) in [5.74, 6) is 0.643. The smallest absolute Gasteiger partial charge is 0.236 e. The lowest BCUT2D eigenvalue weighted by atomic mass is 9.89. The highest BCUT2D eigenvalue weighted by atomic mass is 79.9. The number of amides is 1. The number of carbonyl (C=O) groups excluding carboxylic acids is 1. The lowest BCUT2D eigenvalue weighted by Crippen LogP contribution is -2.41. The summed E-state index contributed by atoms with van der Waals surface area (Å²) < 4.78 is 1.11. The molecule has 1 heterocycles. The zero-order valence-corrected chi connectivity index (χ0v) is 11.3. The van der Waals surface area contributed by atoms with Gasteiger partial charge in [0.15, 0.2) is 0 Å². The second-order valence-electron chi connectivity index (χ2n) is 4.41. The predicted octanol–water partition coefficient (Wildman–Crippen LogP) is 2.11. The van der Waals surface area contributed by atoms with Crippen LogP contribution < -0.4 is 5.73 Å². The van der Waals surface area contributed by atoms with Gasteiger partial charge >= 0.3 is 0 Å². The summed E-state index contributed by atoms with van der Waals surface area (Å²) in [6, 6.07) is 8.48. The number of rotatable bonds is 2. The van der Waals surface area contributed by atoms with Gasteiger partial charge in [-0.25, -0.2) is 0 Å². The summed E-state index contributed by atoms with van der Waals surface area (Å²) in [6.45, 7) is 1.79. The van der Waals surface area contributed by atoms with Crippen molar-refractivity contribution >= 4 is 21.8 Å². The zero-order chi connectivity index (χ0) is 12.3. The minimum atomic E-state index is 0.0688. The van der Waals surface area contributed by atoms with Crippen molar-refractivity contribution in [2.75, 3.05) is 19.6 Å². The summed E-state index contributed by atoms with van der Waals surface area (Å²) in [7, 11) is 0. The van der Waals surface area contributed by atoms with Gasteiger partial charge in [-0.15, -0.1) is 0 Å². The van der Waals surface area contributed by atoms with Crippen LogP contribution in [0.1, 0.15) is 24.3 Å². The van der Waals surface area contributed by atoms with Crippen molar-refractivity contribution in [3.8, 4) is 0 Å². The Labute approximate surface area is 110 Å². The number of nitrogens with two attached hydrogens (primary N) is 1. The lowest BCUT2D eigenvalue weighted by Gasteiger charge is -2.32. The summed E-state index contributed by atoms with van der Waals surface area (Å²) in [5, 5.41) is 0. The number of hydrogen-bond donors (Lipinski definition) is 1. The molecule has 1 aromatic rings. The van der Waals surface area contributed by atoms with E-state index in [1.165, 1.54) is 5.56 Å². The molecule has 0 spiro atoms. The van der Waals surface area contributed by atoms with Crippen LogP contribution in [0, 0.1) is 0 Å². The van der Waals surface area contributed by atoms with Crippen LogP contribution in [0.2, 0.25) is 0 Å². The zero-order valence-electron chi connectivity index (χ0n) is 9.73. The Hall–Kier alpha value is -0.870. The van der Waals surface area contributed by atoms with E-state index in [2.05, 4.69) is 40.2 Å². The standard InChI is InChI=1S/C13H17BrN2O/c14-12-3-1-10(2-4-12)11-5-7-16(8-6-11)13(17)9-15/h1-4,11H,5-9,15H2. The van der Waals surface area contributed by atoms with Crippen LogP contribution in [0.15, 0.2) is 28.7 Å². The maximum absolute atomic E-state index is 11.4. The van der Waals surface area contributed by atoms with E-state index in [4.69, 9.17) is 5.73 Å². The molecular formula is C13H17BrN2O. The van der Waals surface area contributed by atoms with Gasteiger partial charge in [0.25, 0.3) is 0 Å². The molecule has 92 valence electrons. The van der Waals surface area contributed by atoms with Gasteiger partial charge in [-0.05, 0) is 36.5 Å². The normalized spacial score (nSPS) is 17.2. The Bertz CT molecular complexity index is 383. The molecule has 0 radical (unpaired) electrons. The van der Waals surface area contributed by atoms with Crippen LogP contribution in [0.5, 0.6) is 0 Å². The topological polar surface area (TPSA) is 46.3 Å². The quantitative estimate of drug-likeness (QED) is 0.909. The number of likely N-dealkylation sites (tertiary alicyclic amines) is 1. The molecule has 0 aliphatic carbocycles. The van der Waals surface area contributed by atoms with E-state index < -0.39 is 0 Å². The monoisotopic (exact) mass is 296 g/mol. The Morgan fingerprint density at radius 3 is 2.41 bits per heavy atom. The van der Waals surface area contributed by atoms with Gasteiger partial charge in [-0.2, -0.15) is 0 Å².